The maximum absolute atomic E-state index is 11.0. The van der Waals surface area contributed by atoms with Gasteiger partial charge in [0.25, 0.3) is 0 Å². The van der Waals surface area contributed by atoms with Gasteiger partial charge in [-0.15, -0.1) is 22.7 Å². The zero-order valence-corrected chi connectivity index (χ0v) is 13.8. The third-order valence-corrected chi connectivity index (χ3v) is 5.91. The molecular weight excluding hydrogens is 332 g/mol. The van der Waals surface area contributed by atoms with E-state index in [9.17, 15) is 4.79 Å². The first kappa shape index (κ1) is 14.6. The average molecular weight is 346 g/mol. The molecule has 4 heterocycles. The van der Waals surface area contributed by atoms with E-state index >= 15 is 0 Å². The molecule has 0 fully saturated rings. The molecule has 1 atom stereocenters. The number of rotatable bonds is 4. The molecule has 0 radical (unpaired) electrons. The third kappa shape index (κ3) is 2.71. The first-order chi connectivity index (χ1) is 11.2. The number of aromatic carboxylic acids is 1. The van der Waals surface area contributed by atoms with Gasteiger partial charge in [0.05, 0.1) is 12.6 Å². The van der Waals surface area contributed by atoms with Crippen molar-refractivity contribution in [2.24, 2.45) is 0 Å². The molecule has 3 aromatic heterocycles. The summed E-state index contributed by atoms with van der Waals surface area (Å²) in [5.74, 6) is -0.615. The van der Waals surface area contributed by atoms with Crippen molar-refractivity contribution in [3.05, 3.63) is 62.1 Å². The number of oxazole rings is 1. The van der Waals surface area contributed by atoms with Crippen molar-refractivity contribution in [2.45, 2.75) is 19.0 Å². The maximum atomic E-state index is 11.0. The normalized spacial score (nSPS) is 18.0. The van der Waals surface area contributed by atoms with Gasteiger partial charge in [0.2, 0.25) is 5.89 Å². The van der Waals surface area contributed by atoms with Crippen LogP contribution in [-0.4, -0.2) is 27.5 Å². The molecule has 0 bridgehead atoms. The summed E-state index contributed by atoms with van der Waals surface area (Å²) < 4.78 is 5.34. The molecule has 0 saturated heterocycles. The Kier molecular flexibility index (Phi) is 3.76. The SMILES string of the molecule is O=C(O)c1coc(CN2CCc3sccc3C2c2cccs2)n1. The Bertz CT molecular complexity index is 822. The van der Waals surface area contributed by atoms with Crippen molar-refractivity contribution in [1.82, 2.24) is 9.88 Å². The Morgan fingerprint density at radius 3 is 3.04 bits per heavy atom. The number of carboxylic acids is 1. The summed E-state index contributed by atoms with van der Waals surface area (Å²) in [6.07, 6.45) is 2.21. The fourth-order valence-electron chi connectivity index (χ4n) is 2.97. The Morgan fingerprint density at radius 2 is 2.30 bits per heavy atom. The molecule has 7 heteroatoms. The molecule has 4 rings (SSSR count). The van der Waals surface area contributed by atoms with Crippen molar-refractivity contribution in [3.8, 4) is 0 Å². The van der Waals surface area contributed by atoms with Crippen LogP contribution in [0.25, 0.3) is 0 Å². The topological polar surface area (TPSA) is 66.6 Å². The molecular formula is C16H14N2O3S2. The van der Waals surface area contributed by atoms with E-state index in [1.54, 1.807) is 22.7 Å². The fraction of sp³-hybridized carbons (Fsp3) is 0.250. The molecule has 1 N–H and O–H groups in total. The van der Waals surface area contributed by atoms with Gasteiger partial charge in [-0.3, -0.25) is 4.90 Å². The highest BCUT2D eigenvalue weighted by molar-refractivity contribution is 7.10. The highest BCUT2D eigenvalue weighted by Gasteiger charge is 2.31. The predicted octanol–water partition coefficient (Wildman–Crippen LogP) is 3.64. The van der Waals surface area contributed by atoms with Crippen molar-refractivity contribution in [3.63, 3.8) is 0 Å². The number of aromatic nitrogens is 1. The van der Waals surface area contributed by atoms with Crippen molar-refractivity contribution in [2.75, 3.05) is 6.54 Å². The smallest absolute Gasteiger partial charge is 0.357 e. The largest absolute Gasteiger partial charge is 0.476 e. The number of fused-ring (bicyclic) bond motifs is 1. The predicted molar refractivity (Wildman–Crippen MR) is 88.1 cm³/mol. The van der Waals surface area contributed by atoms with Crippen molar-refractivity contribution in [1.29, 1.82) is 0 Å². The standard InChI is InChI=1S/C16H14N2O3S2/c19-16(20)11-9-21-14(17-11)8-18-5-3-12-10(4-7-23-12)15(18)13-2-1-6-22-13/h1-2,4,6-7,9,15H,3,5,8H2,(H,19,20). The van der Waals surface area contributed by atoms with Crippen LogP contribution in [0.5, 0.6) is 0 Å². The number of thiophene rings is 2. The van der Waals surface area contributed by atoms with E-state index in [1.807, 2.05) is 0 Å². The monoisotopic (exact) mass is 346 g/mol. The lowest BCUT2D eigenvalue weighted by molar-refractivity contribution is 0.0690. The first-order valence-corrected chi connectivity index (χ1v) is 8.99. The Labute approximate surface area is 140 Å². The van der Waals surface area contributed by atoms with Crippen LogP contribution < -0.4 is 0 Å². The van der Waals surface area contributed by atoms with Gasteiger partial charge in [-0.05, 0) is 34.9 Å². The van der Waals surface area contributed by atoms with Gasteiger partial charge in [0.1, 0.15) is 6.26 Å². The summed E-state index contributed by atoms with van der Waals surface area (Å²) >= 11 is 3.54. The highest BCUT2D eigenvalue weighted by atomic mass is 32.1. The molecule has 0 aromatic carbocycles. The van der Waals surface area contributed by atoms with Gasteiger partial charge in [-0.1, -0.05) is 6.07 Å². The van der Waals surface area contributed by atoms with Crippen molar-refractivity contribution < 1.29 is 14.3 Å². The van der Waals surface area contributed by atoms with E-state index in [-0.39, 0.29) is 11.7 Å². The molecule has 1 aliphatic rings. The second-order valence-corrected chi connectivity index (χ2v) is 7.35. The molecule has 0 amide bonds. The molecule has 5 nitrogen and oxygen atoms in total. The minimum Gasteiger partial charge on any atom is -0.476 e. The molecule has 23 heavy (non-hydrogen) atoms. The molecule has 0 spiro atoms. The summed E-state index contributed by atoms with van der Waals surface area (Å²) in [7, 11) is 0. The van der Waals surface area contributed by atoms with E-state index in [0.29, 0.717) is 12.4 Å². The lowest BCUT2D eigenvalue weighted by atomic mass is 9.98. The van der Waals surface area contributed by atoms with Crippen LogP contribution in [0, 0.1) is 0 Å². The minimum atomic E-state index is -1.06. The summed E-state index contributed by atoms with van der Waals surface area (Å²) in [5, 5.41) is 13.2. The second kappa shape index (κ2) is 5.92. The van der Waals surface area contributed by atoms with E-state index in [0.717, 1.165) is 13.0 Å². The third-order valence-electron chi connectivity index (χ3n) is 3.99. The lowest BCUT2D eigenvalue weighted by Gasteiger charge is -2.34. The highest BCUT2D eigenvalue weighted by Crippen LogP contribution is 2.39. The summed E-state index contributed by atoms with van der Waals surface area (Å²) in [4.78, 5) is 20.0. The molecule has 0 aliphatic carbocycles. The van der Waals surface area contributed by atoms with E-state index in [1.165, 1.54) is 21.6 Å². The van der Waals surface area contributed by atoms with Gasteiger partial charge < -0.3 is 9.52 Å². The van der Waals surface area contributed by atoms with Gasteiger partial charge >= 0.3 is 5.97 Å². The van der Waals surface area contributed by atoms with Crippen LogP contribution in [-0.2, 0) is 13.0 Å². The summed E-state index contributed by atoms with van der Waals surface area (Å²) in [6.45, 7) is 1.41. The van der Waals surface area contributed by atoms with Crippen LogP contribution in [0.3, 0.4) is 0 Å². The molecule has 1 aliphatic heterocycles. The van der Waals surface area contributed by atoms with Gasteiger partial charge in [0, 0.05) is 16.3 Å². The molecule has 118 valence electrons. The molecule has 3 aromatic rings. The number of hydrogen-bond acceptors (Lipinski definition) is 6. The number of nitrogens with zero attached hydrogens (tertiary/aromatic N) is 2. The van der Waals surface area contributed by atoms with Crippen LogP contribution >= 0.6 is 22.7 Å². The van der Waals surface area contributed by atoms with Crippen LogP contribution in [0.4, 0.5) is 0 Å². The average Bonchev–Trinajstić information content (AvgIpc) is 3.28. The number of carboxylic acid groups (broad SMARTS) is 1. The lowest BCUT2D eigenvalue weighted by Crippen LogP contribution is -2.34. The Morgan fingerprint density at radius 1 is 1.39 bits per heavy atom. The van der Waals surface area contributed by atoms with E-state index < -0.39 is 5.97 Å². The van der Waals surface area contributed by atoms with E-state index in [2.05, 4.69) is 38.8 Å². The second-order valence-electron chi connectivity index (χ2n) is 5.37. The Balaban J connectivity index is 1.65. The van der Waals surface area contributed by atoms with Gasteiger partial charge in [0.15, 0.2) is 5.69 Å². The number of carbonyl (C=O) groups is 1. The van der Waals surface area contributed by atoms with Gasteiger partial charge in [-0.25, -0.2) is 9.78 Å². The summed E-state index contributed by atoms with van der Waals surface area (Å²) in [6, 6.07) is 6.58. The summed E-state index contributed by atoms with van der Waals surface area (Å²) in [5.41, 5.74) is 1.30. The minimum absolute atomic E-state index is 0.0408. The van der Waals surface area contributed by atoms with Crippen LogP contribution in [0.1, 0.15) is 37.7 Å². The van der Waals surface area contributed by atoms with Gasteiger partial charge in [-0.2, -0.15) is 0 Å². The van der Waals surface area contributed by atoms with Crippen molar-refractivity contribution >= 4 is 28.6 Å². The molecule has 0 saturated carbocycles. The zero-order chi connectivity index (χ0) is 15.8. The first-order valence-electron chi connectivity index (χ1n) is 7.24. The zero-order valence-electron chi connectivity index (χ0n) is 12.1. The quantitative estimate of drug-likeness (QED) is 0.781. The molecule has 1 unspecified atom stereocenters. The Hall–Kier alpha value is -1.96. The fourth-order valence-corrected chi connectivity index (χ4v) is 4.75. The van der Waals surface area contributed by atoms with Crippen LogP contribution in [0.15, 0.2) is 39.6 Å². The number of hydrogen-bond donors (Lipinski definition) is 1. The van der Waals surface area contributed by atoms with Crippen LogP contribution in [0.2, 0.25) is 0 Å². The maximum Gasteiger partial charge on any atom is 0.357 e. The van der Waals surface area contributed by atoms with E-state index in [4.69, 9.17) is 9.52 Å².